The second-order valence-electron chi connectivity index (χ2n) is 5.77. The molecule has 0 saturated heterocycles. The molecule has 0 aliphatic heterocycles. The van der Waals surface area contributed by atoms with Crippen LogP contribution in [0.15, 0.2) is 84.2 Å². The Morgan fingerprint density at radius 1 is 0.893 bits per heavy atom. The Morgan fingerprint density at radius 2 is 1.61 bits per heavy atom. The fraction of sp³-hybridized carbons (Fsp3) is 0.0476. The normalized spacial score (nSPS) is 11.0. The number of pyridine rings is 1. The van der Waals surface area contributed by atoms with Crippen molar-refractivity contribution in [1.82, 2.24) is 15.7 Å². The summed E-state index contributed by atoms with van der Waals surface area (Å²) in [6.07, 6.45) is 3.03. The minimum Gasteiger partial charge on any atom is -0.346 e. The lowest BCUT2D eigenvalue weighted by molar-refractivity contribution is 0.0951. The van der Waals surface area contributed by atoms with Gasteiger partial charge in [-0.25, -0.2) is 5.43 Å². The molecule has 0 unspecified atom stereocenters. The summed E-state index contributed by atoms with van der Waals surface area (Å²) in [7, 11) is 0. The number of aromatic nitrogens is 1. The van der Waals surface area contributed by atoms with Crippen LogP contribution in [0, 0.1) is 0 Å². The van der Waals surface area contributed by atoms with E-state index in [-0.39, 0.29) is 18.4 Å². The zero-order chi connectivity index (χ0) is 19.8. The zero-order valence-corrected chi connectivity index (χ0v) is 15.6. The van der Waals surface area contributed by atoms with Gasteiger partial charge in [-0.3, -0.25) is 14.6 Å². The Hall–Kier alpha value is -3.51. The third-order valence-electron chi connectivity index (χ3n) is 3.86. The second-order valence-corrected chi connectivity index (χ2v) is 6.18. The number of halogens is 1. The Kier molecular flexibility index (Phi) is 6.49. The van der Waals surface area contributed by atoms with Gasteiger partial charge in [0.15, 0.2) is 0 Å². The van der Waals surface area contributed by atoms with Gasteiger partial charge in [0.25, 0.3) is 11.8 Å². The van der Waals surface area contributed by atoms with Gasteiger partial charge in [-0.15, -0.1) is 0 Å². The van der Waals surface area contributed by atoms with Crippen molar-refractivity contribution in [3.8, 4) is 0 Å². The summed E-state index contributed by atoms with van der Waals surface area (Å²) in [5, 5.41) is 7.35. The maximum absolute atomic E-state index is 12.4. The van der Waals surface area contributed by atoms with Gasteiger partial charge in [0.2, 0.25) is 0 Å². The molecule has 2 N–H and O–H groups in total. The van der Waals surface area contributed by atoms with Crippen LogP contribution < -0.4 is 10.7 Å². The second kappa shape index (κ2) is 9.43. The number of nitrogens with one attached hydrogen (secondary N) is 2. The predicted octanol–water partition coefficient (Wildman–Crippen LogP) is 3.30. The number of hydrogen-bond donors (Lipinski definition) is 2. The highest BCUT2D eigenvalue weighted by molar-refractivity contribution is 6.33. The fourth-order valence-corrected chi connectivity index (χ4v) is 2.64. The van der Waals surface area contributed by atoms with Crippen molar-refractivity contribution in [2.75, 3.05) is 6.54 Å². The maximum Gasteiger partial charge on any atom is 0.272 e. The summed E-state index contributed by atoms with van der Waals surface area (Å²) in [4.78, 5) is 28.6. The number of carbonyl (C=O) groups excluding carboxylic acids is 2. The summed E-state index contributed by atoms with van der Waals surface area (Å²) < 4.78 is 0. The number of benzene rings is 2. The van der Waals surface area contributed by atoms with E-state index in [0.717, 1.165) is 5.56 Å². The van der Waals surface area contributed by atoms with Gasteiger partial charge in [0.1, 0.15) is 0 Å². The van der Waals surface area contributed by atoms with Crippen molar-refractivity contribution >= 4 is 29.1 Å². The lowest BCUT2D eigenvalue weighted by Gasteiger charge is -2.10. The van der Waals surface area contributed by atoms with Crippen LogP contribution >= 0.6 is 11.6 Å². The molecule has 0 spiro atoms. The number of carbonyl (C=O) groups is 2. The average molecular weight is 393 g/mol. The van der Waals surface area contributed by atoms with Crippen LogP contribution in [0.3, 0.4) is 0 Å². The molecule has 0 radical (unpaired) electrons. The topological polar surface area (TPSA) is 83.5 Å². The molecule has 2 aromatic carbocycles. The van der Waals surface area contributed by atoms with E-state index in [2.05, 4.69) is 20.8 Å². The van der Waals surface area contributed by atoms with Crippen LogP contribution in [0.1, 0.15) is 26.3 Å². The molecule has 7 heteroatoms. The third-order valence-corrected chi connectivity index (χ3v) is 4.19. The summed E-state index contributed by atoms with van der Waals surface area (Å²) >= 11 is 6.07. The fourth-order valence-electron chi connectivity index (χ4n) is 2.42. The maximum atomic E-state index is 12.4. The predicted molar refractivity (Wildman–Crippen MR) is 108 cm³/mol. The minimum atomic E-state index is -0.390. The number of amides is 2. The molecular formula is C21H17ClN4O2. The van der Waals surface area contributed by atoms with E-state index in [0.29, 0.717) is 21.9 Å². The van der Waals surface area contributed by atoms with Crippen LogP contribution in [0.2, 0.25) is 5.02 Å². The van der Waals surface area contributed by atoms with E-state index in [1.54, 1.807) is 42.6 Å². The minimum absolute atomic E-state index is 0.112. The summed E-state index contributed by atoms with van der Waals surface area (Å²) in [5.41, 5.74) is 4.53. The molecule has 28 heavy (non-hydrogen) atoms. The lowest BCUT2D eigenvalue weighted by Crippen LogP contribution is -2.32. The van der Waals surface area contributed by atoms with E-state index in [1.165, 1.54) is 6.20 Å². The molecule has 3 aromatic rings. The largest absolute Gasteiger partial charge is 0.346 e. The summed E-state index contributed by atoms with van der Waals surface area (Å²) in [5.74, 6) is -0.716. The Bertz CT molecular complexity index is 992. The van der Waals surface area contributed by atoms with Crippen molar-refractivity contribution < 1.29 is 9.59 Å². The molecule has 1 aromatic heterocycles. The standard InChI is InChI=1S/C21H17ClN4O2/c22-18-11-5-4-10-17(18)21(28)24-14-19(15-7-2-1-3-8-15)25-26-20(27)16-9-6-12-23-13-16/h1-13H,14H2,(H,24,28)(H,26,27)/b25-19+. The first-order chi connectivity index (χ1) is 13.6. The van der Waals surface area contributed by atoms with E-state index in [1.807, 2.05) is 30.3 Å². The van der Waals surface area contributed by atoms with Crippen LogP contribution in [0.25, 0.3) is 0 Å². The van der Waals surface area contributed by atoms with Crippen molar-refractivity contribution in [2.24, 2.45) is 5.10 Å². The quantitative estimate of drug-likeness (QED) is 0.498. The first-order valence-electron chi connectivity index (χ1n) is 8.50. The van der Waals surface area contributed by atoms with Crippen LogP contribution in [0.5, 0.6) is 0 Å². The Labute approximate surface area is 167 Å². The lowest BCUT2D eigenvalue weighted by atomic mass is 10.1. The van der Waals surface area contributed by atoms with E-state index in [9.17, 15) is 9.59 Å². The molecule has 140 valence electrons. The van der Waals surface area contributed by atoms with E-state index < -0.39 is 0 Å². The Balaban J connectivity index is 1.75. The molecule has 3 rings (SSSR count). The molecule has 0 aliphatic rings. The zero-order valence-electron chi connectivity index (χ0n) is 14.8. The summed E-state index contributed by atoms with van der Waals surface area (Å²) in [6.45, 7) is 0.112. The SMILES string of the molecule is O=C(N/N=C(\CNC(=O)c1ccccc1Cl)c1ccccc1)c1cccnc1. The van der Waals surface area contributed by atoms with Crippen molar-refractivity contribution in [3.05, 3.63) is 101 Å². The molecule has 0 aliphatic carbocycles. The van der Waals surface area contributed by atoms with Gasteiger partial charge in [0, 0.05) is 12.4 Å². The monoisotopic (exact) mass is 392 g/mol. The third kappa shape index (κ3) is 5.02. The van der Waals surface area contributed by atoms with Crippen LogP contribution in [-0.4, -0.2) is 29.1 Å². The highest BCUT2D eigenvalue weighted by Gasteiger charge is 2.12. The van der Waals surface area contributed by atoms with Gasteiger partial charge in [-0.2, -0.15) is 5.10 Å². The highest BCUT2D eigenvalue weighted by atomic mass is 35.5. The number of hydrazone groups is 1. The van der Waals surface area contributed by atoms with E-state index in [4.69, 9.17) is 11.6 Å². The van der Waals surface area contributed by atoms with Crippen LogP contribution in [0.4, 0.5) is 0 Å². The van der Waals surface area contributed by atoms with Crippen molar-refractivity contribution in [2.45, 2.75) is 0 Å². The van der Waals surface area contributed by atoms with Gasteiger partial charge in [-0.05, 0) is 29.8 Å². The highest BCUT2D eigenvalue weighted by Crippen LogP contribution is 2.14. The number of nitrogens with zero attached hydrogens (tertiary/aromatic N) is 2. The number of hydrogen-bond acceptors (Lipinski definition) is 4. The Morgan fingerprint density at radius 3 is 2.32 bits per heavy atom. The van der Waals surface area contributed by atoms with Gasteiger partial charge in [0.05, 0.1) is 28.4 Å². The molecule has 0 saturated carbocycles. The molecule has 0 fully saturated rings. The summed E-state index contributed by atoms with van der Waals surface area (Å²) in [6, 6.07) is 19.3. The molecular weight excluding hydrogens is 376 g/mol. The number of rotatable bonds is 6. The van der Waals surface area contributed by atoms with E-state index >= 15 is 0 Å². The van der Waals surface area contributed by atoms with Gasteiger partial charge < -0.3 is 5.32 Å². The van der Waals surface area contributed by atoms with Crippen LogP contribution in [-0.2, 0) is 0 Å². The molecule has 6 nitrogen and oxygen atoms in total. The molecule has 1 heterocycles. The van der Waals surface area contributed by atoms with Crippen molar-refractivity contribution in [1.29, 1.82) is 0 Å². The smallest absolute Gasteiger partial charge is 0.272 e. The first kappa shape index (κ1) is 19.3. The van der Waals surface area contributed by atoms with Crippen molar-refractivity contribution in [3.63, 3.8) is 0 Å². The molecule has 0 atom stereocenters. The average Bonchev–Trinajstić information content (AvgIpc) is 2.75. The first-order valence-corrected chi connectivity index (χ1v) is 8.88. The molecule has 2 amide bonds. The molecule has 0 bridgehead atoms. The van der Waals surface area contributed by atoms with Gasteiger partial charge in [-0.1, -0.05) is 54.1 Å². The van der Waals surface area contributed by atoms with Gasteiger partial charge >= 0.3 is 0 Å².